The lowest BCUT2D eigenvalue weighted by molar-refractivity contribution is -0.143. The molecule has 15 heavy (non-hydrogen) atoms. The van der Waals surface area contributed by atoms with Gasteiger partial charge in [-0.25, -0.2) is 13.2 Å². The molecule has 1 fully saturated rings. The van der Waals surface area contributed by atoms with Gasteiger partial charge in [-0.15, -0.1) is 0 Å². The Kier molecular flexibility index (Phi) is 4.49. The number of carboxylic acids is 1. The number of carboxylic acid groups (broad SMARTS) is 1. The first kappa shape index (κ1) is 12.4. The molecule has 0 amide bonds. The van der Waals surface area contributed by atoms with Crippen LogP contribution < -0.4 is 4.89 Å². The van der Waals surface area contributed by atoms with Crippen molar-refractivity contribution >= 4 is 16.0 Å². The first-order valence-corrected chi connectivity index (χ1v) is 6.41. The zero-order chi connectivity index (χ0) is 11.3. The van der Waals surface area contributed by atoms with E-state index in [-0.39, 0.29) is 0 Å². The second-order valence-corrected chi connectivity index (χ2v) is 5.49. The Morgan fingerprint density at radius 3 is 2.47 bits per heavy atom. The van der Waals surface area contributed by atoms with Crippen molar-refractivity contribution in [1.29, 1.82) is 0 Å². The van der Waals surface area contributed by atoms with Crippen molar-refractivity contribution in [3.63, 3.8) is 0 Å². The Balaban J connectivity index is 2.40. The molecule has 88 valence electrons. The quantitative estimate of drug-likeness (QED) is 0.669. The summed E-state index contributed by atoms with van der Waals surface area (Å²) in [6, 6.07) is 0. The van der Waals surface area contributed by atoms with E-state index in [1.807, 2.05) is 4.89 Å². The summed E-state index contributed by atoms with van der Waals surface area (Å²) in [6.45, 7) is -0.661. The highest BCUT2D eigenvalue weighted by molar-refractivity contribution is 7.89. The number of hydrogen-bond acceptors (Lipinski definition) is 4. The van der Waals surface area contributed by atoms with Crippen LogP contribution >= 0.6 is 0 Å². The fourth-order valence-electron chi connectivity index (χ4n) is 1.62. The molecule has 0 heterocycles. The van der Waals surface area contributed by atoms with Crippen LogP contribution in [-0.4, -0.2) is 31.4 Å². The second kappa shape index (κ2) is 5.43. The summed E-state index contributed by atoms with van der Waals surface area (Å²) in [4.78, 5) is 16.3. The average molecular weight is 237 g/mol. The second-order valence-electron chi connectivity index (χ2n) is 3.57. The highest BCUT2D eigenvalue weighted by Crippen LogP contribution is 2.22. The normalized spacial score (nSPS) is 18.9. The zero-order valence-corrected chi connectivity index (χ0v) is 9.12. The zero-order valence-electron chi connectivity index (χ0n) is 8.31. The molecule has 0 atom stereocenters. The van der Waals surface area contributed by atoms with Gasteiger partial charge in [0.25, 0.3) is 0 Å². The van der Waals surface area contributed by atoms with Crippen LogP contribution in [0.3, 0.4) is 0 Å². The fourth-order valence-corrected chi connectivity index (χ4v) is 2.93. The number of sulfonamides is 1. The molecule has 1 rings (SSSR count). The molecule has 0 aromatic rings. The van der Waals surface area contributed by atoms with Gasteiger partial charge in [0.15, 0.2) is 6.61 Å². The number of hydrogen-bond donors (Lipinski definition) is 2. The molecule has 7 heteroatoms. The van der Waals surface area contributed by atoms with E-state index in [1.54, 1.807) is 0 Å². The molecule has 0 aromatic heterocycles. The number of nitrogens with one attached hydrogen (secondary N) is 1. The molecule has 0 radical (unpaired) electrons. The molecular weight excluding hydrogens is 222 g/mol. The summed E-state index contributed by atoms with van der Waals surface area (Å²) in [5, 5.41) is 7.82. The fraction of sp³-hybridized carbons (Fsp3) is 0.875. The molecule has 1 saturated carbocycles. The maximum absolute atomic E-state index is 11.5. The van der Waals surface area contributed by atoms with Gasteiger partial charge in [0, 0.05) is 0 Å². The van der Waals surface area contributed by atoms with Crippen molar-refractivity contribution in [1.82, 2.24) is 4.89 Å². The third kappa shape index (κ3) is 4.15. The van der Waals surface area contributed by atoms with Crippen LogP contribution in [0.5, 0.6) is 0 Å². The average Bonchev–Trinajstić information content (AvgIpc) is 2.18. The third-order valence-electron chi connectivity index (χ3n) is 2.36. The SMILES string of the molecule is O=C(O)CONS(=O)(=O)C1CCCCC1. The predicted molar refractivity (Wildman–Crippen MR) is 52.5 cm³/mol. The first-order valence-electron chi connectivity index (χ1n) is 4.86. The van der Waals surface area contributed by atoms with E-state index >= 15 is 0 Å². The highest BCUT2D eigenvalue weighted by Gasteiger charge is 2.27. The van der Waals surface area contributed by atoms with Crippen LogP contribution in [0.25, 0.3) is 0 Å². The molecule has 0 spiro atoms. The van der Waals surface area contributed by atoms with Crippen molar-refractivity contribution in [2.24, 2.45) is 0 Å². The van der Waals surface area contributed by atoms with E-state index in [1.165, 1.54) is 0 Å². The lowest BCUT2D eigenvalue weighted by Gasteiger charge is -2.21. The van der Waals surface area contributed by atoms with Crippen LogP contribution in [0.2, 0.25) is 0 Å². The Hall–Kier alpha value is -0.660. The van der Waals surface area contributed by atoms with Gasteiger partial charge in [-0.05, 0) is 12.8 Å². The molecule has 6 nitrogen and oxygen atoms in total. The van der Waals surface area contributed by atoms with Gasteiger partial charge in [0.2, 0.25) is 10.0 Å². The Bertz CT molecular complexity index is 307. The number of carbonyl (C=O) groups is 1. The molecule has 1 aliphatic carbocycles. The van der Waals surface area contributed by atoms with Crippen molar-refractivity contribution in [2.45, 2.75) is 37.4 Å². The molecule has 1 aliphatic rings. The maximum atomic E-state index is 11.5. The van der Waals surface area contributed by atoms with Gasteiger partial charge in [0.05, 0.1) is 5.25 Å². The molecule has 0 aromatic carbocycles. The lowest BCUT2D eigenvalue weighted by Crippen LogP contribution is -2.36. The van der Waals surface area contributed by atoms with Crippen molar-refractivity contribution in [3.05, 3.63) is 0 Å². The number of rotatable bonds is 5. The van der Waals surface area contributed by atoms with Crippen LogP contribution in [0.1, 0.15) is 32.1 Å². The van der Waals surface area contributed by atoms with E-state index < -0.39 is 27.8 Å². The summed E-state index contributed by atoms with van der Waals surface area (Å²) in [5.74, 6) is -1.21. The van der Waals surface area contributed by atoms with Crippen LogP contribution in [0.4, 0.5) is 0 Å². The summed E-state index contributed by atoms with van der Waals surface area (Å²) in [6.07, 6.45) is 4.08. The van der Waals surface area contributed by atoms with Gasteiger partial charge in [-0.1, -0.05) is 24.1 Å². The molecule has 0 bridgehead atoms. The molecule has 0 aliphatic heterocycles. The lowest BCUT2D eigenvalue weighted by atomic mass is 10.0. The highest BCUT2D eigenvalue weighted by atomic mass is 32.2. The van der Waals surface area contributed by atoms with Gasteiger partial charge in [-0.3, -0.25) is 4.84 Å². The van der Waals surface area contributed by atoms with Gasteiger partial charge in [-0.2, -0.15) is 0 Å². The van der Waals surface area contributed by atoms with E-state index in [0.717, 1.165) is 19.3 Å². The van der Waals surface area contributed by atoms with Gasteiger partial charge in [0.1, 0.15) is 0 Å². The molecule has 2 N–H and O–H groups in total. The van der Waals surface area contributed by atoms with E-state index in [2.05, 4.69) is 4.84 Å². The van der Waals surface area contributed by atoms with Crippen molar-refractivity contribution in [3.8, 4) is 0 Å². The summed E-state index contributed by atoms with van der Waals surface area (Å²) >= 11 is 0. The smallest absolute Gasteiger partial charge is 0.331 e. The van der Waals surface area contributed by atoms with E-state index in [9.17, 15) is 13.2 Å². The third-order valence-corrected chi connectivity index (χ3v) is 4.06. The largest absolute Gasteiger partial charge is 0.479 e. The van der Waals surface area contributed by atoms with E-state index in [4.69, 9.17) is 5.11 Å². The molecule has 0 unspecified atom stereocenters. The van der Waals surface area contributed by atoms with Crippen LogP contribution in [-0.2, 0) is 19.7 Å². The first-order chi connectivity index (χ1) is 7.02. The number of aliphatic carboxylic acids is 1. The van der Waals surface area contributed by atoms with Crippen LogP contribution in [0.15, 0.2) is 0 Å². The summed E-state index contributed by atoms with van der Waals surface area (Å²) in [7, 11) is -3.51. The Morgan fingerprint density at radius 1 is 1.33 bits per heavy atom. The standard InChI is InChI=1S/C8H15NO5S/c10-8(11)6-14-9-15(12,13)7-4-2-1-3-5-7/h7,9H,1-6H2,(H,10,11). The van der Waals surface area contributed by atoms with Gasteiger partial charge >= 0.3 is 5.97 Å². The Labute approximate surface area is 88.6 Å². The van der Waals surface area contributed by atoms with Gasteiger partial charge < -0.3 is 5.11 Å². The molecule has 0 saturated heterocycles. The van der Waals surface area contributed by atoms with Crippen LogP contribution in [0, 0.1) is 0 Å². The summed E-state index contributed by atoms with van der Waals surface area (Å²) in [5.41, 5.74) is 0. The topological polar surface area (TPSA) is 92.7 Å². The maximum Gasteiger partial charge on any atom is 0.331 e. The monoisotopic (exact) mass is 237 g/mol. The minimum atomic E-state index is -3.51. The minimum absolute atomic E-state index is 0.444. The molecular formula is C8H15NO5S. The van der Waals surface area contributed by atoms with Crippen molar-refractivity contribution in [2.75, 3.05) is 6.61 Å². The predicted octanol–water partition coefficient (Wildman–Crippen LogP) is 0.255. The van der Waals surface area contributed by atoms with E-state index in [0.29, 0.717) is 12.8 Å². The Morgan fingerprint density at radius 2 is 1.93 bits per heavy atom. The van der Waals surface area contributed by atoms with Crippen molar-refractivity contribution < 1.29 is 23.2 Å². The minimum Gasteiger partial charge on any atom is -0.479 e. The summed E-state index contributed by atoms with van der Waals surface area (Å²) < 4.78 is 23.1.